The van der Waals surface area contributed by atoms with Crippen LogP contribution in [0, 0.1) is 19.8 Å². The van der Waals surface area contributed by atoms with Gasteiger partial charge in [0.1, 0.15) is 11.4 Å². The summed E-state index contributed by atoms with van der Waals surface area (Å²) in [6.07, 6.45) is 5.96. The number of piperidine rings is 1. The number of hydrogen-bond acceptors (Lipinski definition) is 4. The zero-order chi connectivity index (χ0) is 21.0. The molecule has 1 fully saturated rings. The molecule has 5 nitrogen and oxygen atoms in total. The van der Waals surface area contributed by atoms with E-state index in [-0.39, 0.29) is 11.9 Å². The predicted molar refractivity (Wildman–Crippen MR) is 114 cm³/mol. The van der Waals surface area contributed by atoms with Gasteiger partial charge in [-0.3, -0.25) is 4.79 Å². The average Bonchev–Trinajstić information content (AvgIpc) is 2.70. The Morgan fingerprint density at radius 3 is 2.62 bits per heavy atom. The van der Waals surface area contributed by atoms with E-state index in [9.17, 15) is 9.59 Å². The van der Waals surface area contributed by atoms with Gasteiger partial charge in [0.2, 0.25) is 0 Å². The molecule has 1 atom stereocenters. The zero-order valence-electron chi connectivity index (χ0n) is 18.4. The summed E-state index contributed by atoms with van der Waals surface area (Å²) in [5.74, 6) is 1.32. The number of amides is 1. The van der Waals surface area contributed by atoms with Crippen LogP contribution in [-0.4, -0.2) is 42.1 Å². The van der Waals surface area contributed by atoms with Crippen LogP contribution in [0.2, 0.25) is 0 Å². The van der Waals surface area contributed by atoms with Crippen LogP contribution in [0.5, 0.6) is 5.75 Å². The predicted octanol–water partition coefficient (Wildman–Crippen LogP) is 5.46. The summed E-state index contributed by atoms with van der Waals surface area (Å²) < 4.78 is 12.0. The first-order valence-electron chi connectivity index (χ1n) is 11.1. The number of likely N-dealkylation sites (tertiary alicyclic amines) is 1. The number of aryl methyl sites for hydroxylation is 2. The maximum atomic E-state index is 12.8. The molecule has 2 aliphatic heterocycles. The van der Waals surface area contributed by atoms with Crippen LogP contribution in [0.25, 0.3) is 0 Å². The van der Waals surface area contributed by atoms with Crippen molar-refractivity contribution in [3.8, 4) is 5.75 Å². The molecule has 1 aromatic carbocycles. The lowest BCUT2D eigenvalue weighted by atomic mass is 9.81. The van der Waals surface area contributed by atoms with Gasteiger partial charge in [0, 0.05) is 25.9 Å². The molecule has 0 aliphatic carbocycles. The maximum Gasteiger partial charge on any atom is 0.409 e. The Labute approximate surface area is 174 Å². The van der Waals surface area contributed by atoms with Crippen LogP contribution in [0.4, 0.5) is 4.79 Å². The number of nitrogens with zero attached hydrogens (tertiary/aromatic N) is 1. The van der Waals surface area contributed by atoms with Gasteiger partial charge in [-0.05, 0) is 43.4 Å². The fourth-order valence-electron chi connectivity index (χ4n) is 4.49. The third kappa shape index (κ3) is 4.93. The lowest BCUT2D eigenvalue weighted by Crippen LogP contribution is -2.52. The van der Waals surface area contributed by atoms with Crippen molar-refractivity contribution < 1.29 is 19.1 Å². The lowest BCUT2D eigenvalue weighted by Gasteiger charge is -2.44. The molecule has 0 aromatic heterocycles. The van der Waals surface area contributed by atoms with Crippen LogP contribution < -0.4 is 4.74 Å². The number of fused-ring (bicyclic) bond motifs is 1. The molecule has 1 saturated heterocycles. The number of carbonyl (C=O) groups is 2. The first-order chi connectivity index (χ1) is 13.9. The van der Waals surface area contributed by atoms with Crippen molar-refractivity contribution in [2.75, 3.05) is 19.7 Å². The van der Waals surface area contributed by atoms with Gasteiger partial charge < -0.3 is 14.4 Å². The van der Waals surface area contributed by atoms with Gasteiger partial charge in [0.25, 0.3) is 0 Å². The van der Waals surface area contributed by atoms with Gasteiger partial charge in [-0.2, -0.15) is 0 Å². The zero-order valence-corrected chi connectivity index (χ0v) is 18.4. The summed E-state index contributed by atoms with van der Waals surface area (Å²) in [5, 5.41) is 0. The monoisotopic (exact) mass is 401 g/mol. The van der Waals surface area contributed by atoms with Crippen LogP contribution in [0.15, 0.2) is 12.1 Å². The van der Waals surface area contributed by atoms with Crippen molar-refractivity contribution in [3.05, 3.63) is 28.8 Å². The Morgan fingerprint density at radius 2 is 1.97 bits per heavy atom. The van der Waals surface area contributed by atoms with E-state index < -0.39 is 5.60 Å². The van der Waals surface area contributed by atoms with E-state index in [1.807, 2.05) is 19.9 Å². The number of Topliss-reactive ketones (excluding diaryl/α,β-unsaturated/α-hetero) is 1. The third-order valence-electron chi connectivity index (χ3n) is 6.44. The summed E-state index contributed by atoms with van der Waals surface area (Å²) in [6, 6.07) is 3.98. The van der Waals surface area contributed by atoms with Crippen LogP contribution in [0.1, 0.15) is 80.3 Å². The largest absolute Gasteiger partial charge is 0.486 e. The number of unbranched alkanes of at least 4 members (excludes halogenated alkanes) is 1. The van der Waals surface area contributed by atoms with E-state index in [0.29, 0.717) is 50.4 Å². The summed E-state index contributed by atoms with van der Waals surface area (Å²) >= 11 is 0. The number of carbonyl (C=O) groups excluding carboxylic acids is 2. The van der Waals surface area contributed by atoms with Crippen molar-refractivity contribution in [2.45, 2.75) is 78.2 Å². The third-order valence-corrected chi connectivity index (χ3v) is 6.44. The molecule has 2 heterocycles. The van der Waals surface area contributed by atoms with Crippen molar-refractivity contribution in [2.24, 2.45) is 5.92 Å². The van der Waals surface area contributed by atoms with E-state index in [0.717, 1.165) is 29.7 Å². The van der Waals surface area contributed by atoms with E-state index in [1.54, 1.807) is 4.90 Å². The van der Waals surface area contributed by atoms with E-state index in [4.69, 9.17) is 9.47 Å². The molecule has 2 aliphatic rings. The van der Waals surface area contributed by atoms with Crippen molar-refractivity contribution in [1.82, 2.24) is 4.90 Å². The highest BCUT2D eigenvalue weighted by Crippen LogP contribution is 2.41. The standard InChI is InChI=1S/C24H35NO4/c1-5-7-8-19(6-2)16-28-23(27)25-11-9-24(10-12-25)15-21(26)20-14-17(3)13-18(4)22(20)29-24/h13-14,19H,5-12,15-16H2,1-4H3. The topological polar surface area (TPSA) is 55.8 Å². The van der Waals surface area contributed by atoms with Crippen LogP contribution >= 0.6 is 0 Å². The van der Waals surface area contributed by atoms with Crippen molar-refractivity contribution in [3.63, 3.8) is 0 Å². The quantitative estimate of drug-likeness (QED) is 0.635. The van der Waals surface area contributed by atoms with Gasteiger partial charge in [-0.1, -0.05) is 39.2 Å². The first-order valence-corrected chi connectivity index (χ1v) is 11.1. The Hall–Kier alpha value is -2.04. The summed E-state index contributed by atoms with van der Waals surface area (Å²) in [6.45, 7) is 9.96. The lowest BCUT2D eigenvalue weighted by molar-refractivity contribution is -0.0111. The second-order valence-electron chi connectivity index (χ2n) is 8.82. The molecule has 0 bridgehead atoms. The Kier molecular flexibility index (Phi) is 6.86. The summed E-state index contributed by atoms with van der Waals surface area (Å²) in [5.41, 5.74) is 2.30. The fraction of sp³-hybridized carbons (Fsp3) is 0.667. The maximum absolute atomic E-state index is 12.8. The molecule has 0 saturated carbocycles. The molecular formula is C24H35NO4. The van der Waals surface area contributed by atoms with Crippen LogP contribution in [-0.2, 0) is 4.74 Å². The van der Waals surface area contributed by atoms with Gasteiger partial charge in [0.05, 0.1) is 18.6 Å². The molecule has 3 rings (SSSR count). The molecule has 160 valence electrons. The van der Waals surface area contributed by atoms with E-state index in [1.165, 1.54) is 12.8 Å². The minimum atomic E-state index is -0.492. The SMILES string of the molecule is CCCCC(CC)COC(=O)N1CCC2(CC1)CC(=O)c1cc(C)cc(C)c1O2. The highest BCUT2D eigenvalue weighted by atomic mass is 16.6. The Balaban J connectivity index is 1.57. The molecule has 29 heavy (non-hydrogen) atoms. The molecule has 0 N–H and O–H groups in total. The van der Waals surface area contributed by atoms with Crippen LogP contribution in [0.3, 0.4) is 0 Å². The fourth-order valence-corrected chi connectivity index (χ4v) is 4.49. The van der Waals surface area contributed by atoms with Gasteiger partial charge in [-0.15, -0.1) is 0 Å². The van der Waals surface area contributed by atoms with Gasteiger partial charge >= 0.3 is 6.09 Å². The highest BCUT2D eigenvalue weighted by Gasteiger charge is 2.44. The number of ketones is 1. The van der Waals surface area contributed by atoms with Gasteiger partial charge in [-0.25, -0.2) is 4.79 Å². The number of rotatable bonds is 6. The van der Waals surface area contributed by atoms with E-state index >= 15 is 0 Å². The second kappa shape index (κ2) is 9.19. The van der Waals surface area contributed by atoms with E-state index in [2.05, 4.69) is 19.9 Å². The molecule has 1 unspecified atom stereocenters. The van der Waals surface area contributed by atoms with Crippen molar-refractivity contribution in [1.29, 1.82) is 0 Å². The van der Waals surface area contributed by atoms with Gasteiger partial charge in [0.15, 0.2) is 5.78 Å². The average molecular weight is 402 g/mol. The summed E-state index contributed by atoms with van der Waals surface area (Å²) in [4.78, 5) is 27.1. The minimum Gasteiger partial charge on any atom is -0.486 e. The molecule has 5 heteroatoms. The highest BCUT2D eigenvalue weighted by molar-refractivity contribution is 6.01. The number of benzene rings is 1. The molecule has 0 radical (unpaired) electrons. The Bertz CT molecular complexity index is 749. The second-order valence-corrected chi connectivity index (χ2v) is 8.82. The van der Waals surface area contributed by atoms with Crippen molar-refractivity contribution >= 4 is 11.9 Å². The normalized spacial score (nSPS) is 18.9. The molecular weight excluding hydrogens is 366 g/mol. The number of hydrogen-bond donors (Lipinski definition) is 0. The molecule has 1 aromatic rings. The number of ether oxygens (including phenoxy) is 2. The molecule has 1 amide bonds. The minimum absolute atomic E-state index is 0.149. The molecule has 1 spiro atoms. The summed E-state index contributed by atoms with van der Waals surface area (Å²) in [7, 11) is 0. The first kappa shape index (κ1) is 21.7. The smallest absolute Gasteiger partial charge is 0.409 e. The Morgan fingerprint density at radius 1 is 1.24 bits per heavy atom.